The number of amidine groups is 1. The Morgan fingerprint density at radius 2 is 1.81 bits per heavy atom. The Hall–Kier alpha value is -0.570. The van der Waals surface area contributed by atoms with Crippen LogP contribution >= 0.6 is 0 Å². The highest BCUT2D eigenvalue weighted by molar-refractivity contribution is 5.82. The maximum atomic E-state index is 10.5. The standard InChI is InChI=1S/C13H24N2O/c16-13(8-4-1-2-5-9-13)11-15-12-7-3-6-10-14-12/h16H,1-11H2,(H,14,15). The van der Waals surface area contributed by atoms with Gasteiger partial charge in [0.25, 0.3) is 0 Å². The first kappa shape index (κ1) is 11.9. The average molecular weight is 224 g/mol. The van der Waals surface area contributed by atoms with Crippen LogP contribution in [0.5, 0.6) is 0 Å². The lowest BCUT2D eigenvalue weighted by molar-refractivity contribution is 0.0294. The van der Waals surface area contributed by atoms with Crippen LogP contribution in [-0.4, -0.2) is 29.6 Å². The fourth-order valence-corrected chi connectivity index (χ4v) is 2.67. The lowest BCUT2D eigenvalue weighted by atomic mass is 9.94. The van der Waals surface area contributed by atoms with Crippen molar-refractivity contribution in [2.75, 3.05) is 13.1 Å². The summed E-state index contributed by atoms with van der Waals surface area (Å²) in [4.78, 5) is 4.46. The number of hydrogen-bond donors (Lipinski definition) is 2. The molecule has 2 aliphatic rings. The Morgan fingerprint density at radius 3 is 2.44 bits per heavy atom. The van der Waals surface area contributed by atoms with Crippen LogP contribution in [0.3, 0.4) is 0 Å². The van der Waals surface area contributed by atoms with Crippen molar-refractivity contribution in [3.63, 3.8) is 0 Å². The van der Waals surface area contributed by atoms with Gasteiger partial charge in [-0.2, -0.15) is 0 Å². The van der Waals surface area contributed by atoms with Crippen LogP contribution in [0.4, 0.5) is 0 Å². The molecule has 0 bridgehead atoms. The van der Waals surface area contributed by atoms with E-state index in [0.717, 1.165) is 31.6 Å². The van der Waals surface area contributed by atoms with E-state index in [9.17, 15) is 5.11 Å². The molecule has 16 heavy (non-hydrogen) atoms. The SMILES string of the molecule is OC1(CNC2=NCCCC2)CCCCCC1. The zero-order valence-electron chi connectivity index (χ0n) is 10.2. The highest BCUT2D eigenvalue weighted by Gasteiger charge is 2.27. The van der Waals surface area contributed by atoms with Gasteiger partial charge in [-0.15, -0.1) is 0 Å². The van der Waals surface area contributed by atoms with Crippen LogP contribution in [0, 0.1) is 0 Å². The molecule has 1 aliphatic heterocycles. The van der Waals surface area contributed by atoms with Crippen LogP contribution in [0.2, 0.25) is 0 Å². The van der Waals surface area contributed by atoms with Crippen LogP contribution < -0.4 is 5.32 Å². The molecule has 1 fully saturated rings. The molecule has 0 saturated heterocycles. The van der Waals surface area contributed by atoms with Crippen molar-refractivity contribution in [3.8, 4) is 0 Å². The van der Waals surface area contributed by atoms with Crippen molar-refractivity contribution in [1.29, 1.82) is 0 Å². The molecule has 3 nitrogen and oxygen atoms in total. The molecule has 92 valence electrons. The summed E-state index contributed by atoms with van der Waals surface area (Å²) in [7, 11) is 0. The van der Waals surface area contributed by atoms with Gasteiger partial charge in [0.05, 0.1) is 11.4 Å². The van der Waals surface area contributed by atoms with Gasteiger partial charge in [0, 0.05) is 19.5 Å². The van der Waals surface area contributed by atoms with Crippen molar-refractivity contribution in [1.82, 2.24) is 5.32 Å². The number of aliphatic hydroxyl groups is 1. The van der Waals surface area contributed by atoms with E-state index >= 15 is 0 Å². The third-order valence-corrected chi connectivity index (χ3v) is 3.78. The quantitative estimate of drug-likeness (QED) is 0.707. The summed E-state index contributed by atoms with van der Waals surface area (Å²) in [5, 5.41) is 13.8. The molecule has 1 aliphatic carbocycles. The van der Waals surface area contributed by atoms with Crippen LogP contribution in [0.25, 0.3) is 0 Å². The maximum absolute atomic E-state index is 10.5. The molecule has 0 aromatic heterocycles. The predicted octanol–water partition coefficient (Wildman–Crippen LogP) is 2.24. The Balaban J connectivity index is 1.80. The molecule has 0 atom stereocenters. The van der Waals surface area contributed by atoms with E-state index in [1.165, 1.54) is 38.5 Å². The minimum Gasteiger partial charge on any atom is -0.388 e. The number of hydrogen-bond acceptors (Lipinski definition) is 3. The van der Waals surface area contributed by atoms with E-state index < -0.39 is 5.60 Å². The Kier molecular flexibility index (Phi) is 4.22. The molecule has 0 aromatic carbocycles. The summed E-state index contributed by atoms with van der Waals surface area (Å²) in [6.07, 6.45) is 10.3. The molecular formula is C13H24N2O. The minimum absolute atomic E-state index is 0.476. The van der Waals surface area contributed by atoms with Crippen molar-refractivity contribution in [2.24, 2.45) is 4.99 Å². The summed E-state index contributed by atoms with van der Waals surface area (Å²) >= 11 is 0. The normalized spacial score (nSPS) is 25.7. The van der Waals surface area contributed by atoms with Crippen molar-refractivity contribution in [2.45, 2.75) is 63.4 Å². The van der Waals surface area contributed by atoms with Gasteiger partial charge in [-0.3, -0.25) is 4.99 Å². The van der Waals surface area contributed by atoms with E-state index in [2.05, 4.69) is 10.3 Å². The third-order valence-electron chi connectivity index (χ3n) is 3.78. The fraction of sp³-hybridized carbons (Fsp3) is 0.923. The van der Waals surface area contributed by atoms with Crippen LogP contribution in [0.15, 0.2) is 4.99 Å². The Bertz CT molecular complexity index is 242. The summed E-state index contributed by atoms with van der Waals surface area (Å²) < 4.78 is 0. The fourth-order valence-electron chi connectivity index (χ4n) is 2.67. The van der Waals surface area contributed by atoms with E-state index in [1.807, 2.05) is 0 Å². The first-order valence-corrected chi connectivity index (χ1v) is 6.78. The summed E-state index contributed by atoms with van der Waals surface area (Å²) in [6, 6.07) is 0. The first-order valence-electron chi connectivity index (χ1n) is 6.78. The highest BCUT2D eigenvalue weighted by Crippen LogP contribution is 2.26. The van der Waals surface area contributed by atoms with Gasteiger partial charge >= 0.3 is 0 Å². The zero-order chi connectivity index (χ0) is 11.3. The maximum Gasteiger partial charge on any atom is 0.0964 e. The summed E-state index contributed by atoms with van der Waals surface area (Å²) in [5.41, 5.74) is -0.476. The highest BCUT2D eigenvalue weighted by atomic mass is 16.3. The lowest BCUT2D eigenvalue weighted by Gasteiger charge is -2.28. The van der Waals surface area contributed by atoms with Crippen molar-refractivity contribution in [3.05, 3.63) is 0 Å². The zero-order valence-corrected chi connectivity index (χ0v) is 10.2. The van der Waals surface area contributed by atoms with Crippen molar-refractivity contribution < 1.29 is 5.11 Å². The van der Waals surface area contributed by atoms with Crippen LogP contribution in [-0.2, 0) is 0 Å². The molecule has 0 aromatic rings. The Morgan fingerprint density at radius 1 is 1.06 bits per heavy atom. The second kappa shape index (κ2) is 5.67. The molecule has 1 saturated carbocycles. The number of nitrogens with zero attached hydrogens (tertiary/aromatic N) is 1. The molecule has 0 unspecified atom stereocenters. The second-order valence-electron chi connectivity index (χ2n) is 5.28. The summed E-state index contributed by atoms with van der Waals surface area (Å²) in [6.45, 7) is 1.66. The summed E-state index contributed by atoms with van der Waals surface area (Å²) in [5.74, 6) is 1.11. The van der Waals surface area contributed by atoms with Gasteiger partial charge in [0.15, 0.2) is 0 Å². The van der Waals surface area contributed by atoms with Crippen LogP contribution in [0.1, 0.15) is 57.8 Å². The molecule has 2 rings (SSSR count). The third kappa shape index (κ3) is 3.48. The molecule has 0 amide bonds. The number of nitrogens with one attached hydrogen (secondary N) is 1. The number of aliphatic imine (C=N–C) groups is 1. The molecule has 1 heterocycles. The minimum atomic E-state index is -0.476. The van der Waals surface area contributed by atoms with Gasteiger partial charge in [-0.05, 0) is 25.7 Å². The average Bonchev–Trinajstić information content (AvgIpc) is 2.54. The largest absolute Gasteiger partial charge is 0.388 e. The second-order valence-corrected chi connectivity index (χ2v) is 5.28. The van der Waals surface area contributed by atoms with E-state index in [1.54, 1.807) is 0 Å². The monoisotopic (exact) mass is 224 g/mol. The van der Waals surface area contributed by atoms with E-state index in [0.29, 0.717) is 6.54 Å². The predicted molar refractivity (Wildman–Crippen MR) is 66.8 cm³/mol. The lowest BCUT2D eigenvalue weighted by Crippen LogP contribution is -2.43. The number of rotatable bonds is 2. The molecule has 3 heteroatoms. The van der Waals surface area contributed by atoms with Gasteiger partial charge in [0.2, 0.25) is 0 Å². The molecular weight excluding hydrogens is 200 g/mol. The van der Waals surface area contributed by atoms with Gasteiger partial charge in [0.1, 0.15) is 0 Å². The topological polar surface area (TPSA) is 44.6 Å². The van der Waals surface area contributed by atoms with Gasteiger partial charge in [-0.25, -0.2) is 0 Å². The molecule has 2 N–H and O–H groups in total. The molecule has 0 radical (unpaired) electrons. The first-order chi connectivity index (χ1) is 7.79. The molecule has 0 spiro atoms. The van der Waals surface area contributed by atoms with Gasteiger partial charge in [-0.1, -0.05) is 25.7 Å². The van der Waals surface area contributed by atoms with Crippen molar-refractivity contribution >= 4 is 5.84 Å². The smallest absolute Gasteiger partial charge is 0.0964 e. The van der Waals surface area contributed by atoms with Gasteiger partial charge < -0.3 is 10.4 Å². The van der Waals surface area contributed by atoms with E-state index in [-0.39, 0.29) is 0 Å². The van der Waals surface area contributed by atoms with E-state index in [4.69, 9.17) is 0 Å². The Labute approximate surface area is 98.3 Å².